The first-order valence-electron chi connectivity index (χ1n) is 5.93. The maximum atomic E-state index is 12.0. The number of carbonyl (C=O) groups excluding carboxylic acids is 1. The van der Waals surface area contributed by atoms with Crippen LogP contribution in [0.15, 0.2) is 22.7 Å². The highest BCUT2D eigenvalue weighted by molar-refractivity contribution is 9.10. The van der Waals surface area contributed by atoms with Gasteiger partial charge in [-0.2, -0.15) is 0 Å². The lowest BCUT2D eigenvalue weighted by molar-refractivity contribution is 0.0947. The monoisotopic (exact) mass is 349 g/mol. The Bertz CT molecular complexity index is 453. The molecule has 0 aliphatic heterocycles. The smallest absolute Gasteiger partial charge is 0.252 e. The molecule has 1 fully saturated rings. The molecule has 2 rings (SSSR count). The number of hydrogen-bond acceptors (Lipinski definition) is 1. The highest BCUT2D eigenvalue weighted by Crippen LogP contribution is 2.29. The number of amides is 1. The topological polar surface area (TPSA) is 29.1 Å². The second-order valence-electron chi connectivity index (χ2n) is 4.61. The molecule has 1 aromatic rings. The molecule has 98 valence electrons. The molecule has 1 aliphatic rings. The standard InChI is InChI=1S/C13H14BrCl2NO/c14-9-2-4-12(16)11(6-9)13(18)17-7-8-1-3-10(15)5-8/h2,4,6,8,10H,1,3,5,7H2,(H,17,18). The fraction of sp³-hybridized carbons (Fsp3) is 0.462. The first kappa shape index (κ1) is 14.2. The SMILES string of the molecule is O=C(NCC1CCC(Cl)C1)c1cc(Br)ccc1Cl. The van der Waals surface area contributed by atoms with Crippen LogP contribution in [0.3, 0.4) is 0 Å². The van der Waals surface area contributed by atoms with Crippen molar-refractivity contribution < 1.29 is 4.79 Å². The van der Waals surface area contributed by atoms with Gasteiger partial charge in [0.1, 0.15) is 0 Å². The molecular formula is C13H14BrCl2NO. The minimum Gasteiger partial charge on any atom is -0.352 e. The van der Waals surface area contributed by atoms with E-state index in [0.29, 0.717) is 23.0 Å². The fourth-order valence-corrected chi connectivity index (χ4v) is 3.15. The molecule has 5 heteroatoms. The van der Waals surface area contributed by atoms with Gasteiger partial charge in [-0.3, -0.25) is 4.79 Å². The van der Waals surface area contributed by atoms with Crippen LogP contribution >= 0.6 is 39.1 Å². The summed E-state index contributed by atoms with van der Waals surface area (Å²) in [7, 11) is 0. The van der Waals surface area contributed by atoms with Crippen LogP contribution in [0.1, 0.15) is 29.6 Å². The Morgan fingerprint density at radius 2 is 2.22 bits per heavy atom. The van der Waals surface area contributed by atoms with Gasteiger partial charge in [0.2, 0.25) is 0 Å². The van der Waals surface area contributed by atoms with Crippen LogP contribution in [0.2, 0.25) is 5.02 Å². The van der Waals surface area contributed by atoms with Crippen LogP contribution in [0, 0.1) is 5.92 Å². The van der Waals surface area contributed by atoms with E-state index in [1.54, 1.807) is 12.1 Å². The van der Waals surface area contributed by atoms with Crippen molar-refractivity contribution in [3.63, 3.8) is 0 Å². The predicted octanol–water partition coefficient (Wildman–Crippen LogP) is 4.24. The van der Waals surface area contributed by atoms with Crippen LogP contribution in [-0.4, -0.2) is 17.8 Å². The summed E-state index contributed by atoms with van der Waals surface area (Å²) in [5.41, 5.74) is 0.506. The minimum absolute atomic E-state index is 0.126. The van der Waals surface area contributed by atoms with E-state index in [-0.39, 0.29) is 11.3 Å². The van der Waals surface area contributed by atoms with Crippen LogP contribution in [0.5, 0.6) is 0 Å². The lowest BCUT2D eigenvalue weighted by Crippen LogP contribution is -2.28. The second kappa shape index (κ2) is 6.27. The van der Waals surface area contributed by atoms with E-state index < -0.39 is 0 Å². The summed E-state index contributed by atoms with van der Waals surface area (Å²) >= 11 is 15.4. The van der Waals surface area contributed by atoms with E-state index in [1.807, 2.05) is 6.07 Å². The maximum absolute atomic E-state index is 12.0. The lowest BCUT2D eigenvalue weighted by Gasteiger charge is -2.11. The lowest BCUT2D eigenvalue weighted by atomic mass is 10.1. The van der Waals surface area contributed by atoms with Crippen molar-refractivity contribution in [2.24, 2.45) is 5.92 Å². The first-order valence-corrected chi connectivity index (χ1v) is 7.54. The molecule has 2 atom stereocenters. The molecule has 1 N–H and O–H groups in total. The van der Waals surface area contributed by atoms with Crippen molar-refractivity contribution >= 4 is 45.0 Å². The summed E-state index contributed by atoms with van der Waals surface area (Å²) in [6.07, 6.45) is 3.11. The van der Waals surface area contributed by atoms with E-state index >= 15 is 0 Å². The third kappa shape index (κ3) is 3.62. The zero-order valence-electron chi connectivity index (χ0n) is 9.76. The zero-order valence-corrected chi connectivity index (χ0v) is 12.9. The number of benzene rings is 1. The molecule has 0 bridgehead atoms. The molecule has 1 amide bonds. The van der Waals surface area contributed by atoms with Crippen molar-refractivity contribution in [2.75, 3.05) is 6.54 Å². The Morgan fingerprint density at radius 3 is 2.89 bits per heavy atom. The largest absolute Gasteiger partial charge is 0.352 e. The molecule has 0 saturated heterocycles. The summed E-state index contributed by atoms with van der Waals surface area (Å²) < 4.78 is 0.846. The average molecular weight is 351 g/mol. The van der Waals surface area contributed by atoms with Crippen molar-refractivity contribution in [3.8, 4) is 0 Å². The van der Waals surface area contributed by atoms with Crippen molar-refractivity contribution in [3.05, 3.63) is 33.3 Å². The van der Waals surface area contributed by atoms with Gasteiger partial charge in [0.25, 0.3) is 5.91 Å². The number of alkyl halides is 1. The Hall–Kier alpha value is -0.250. The number of rotatable bonds is 3. The van der Waals surface area contributed by atoms with Gasteiger partial charge in [-0.15, -0.1) is 11.6 Å². The predicted molar refractivity (Wildman–Crippen MR) is 78.5 cm³/mol. The Labute approximate surface area is 125 Å². The Kier molecular flexibility index (Phi) is 4.93. The fourth-order valence-electron chi connectivity index (χ4n) is 2.20. The van der Waals surface area contributed by atoms with Crippen molar-refractivity contribution in [2.45, 2.75) is 24.6 Å². The molecule has 18 heavy (non-hydrogen) atoms. The molecule has 1 aliphatic carbocycles. The average Bonchev–Trinajstić information content (AvgIpc) is 2.75. The molecular weight excluding hydrogens is 337 g/mol. The molecule has 0 spiro atoms. The normalized spacial score (nSPS) is 23.1. The van der Waals surface area contributed by atoms with Crippen LogP contribution in [0.4, 0.5) is 0 Å². The second-order valence-corrected chi connectivity index (χ2v) is 6.55. The number of hydrogen-bond donors (Lipinski definition) is 1. The first-order chi connectivity index (χ1) is 8.56. The number of carbonyl (C=O) groups is 1. The molecule has 2 nitrogen and oxygen atoms in total. The van der Waals surface area contributed by atoms with Gasteiger partial charge >= 0.3 is 0 Å². The van der Waals surface area contributed by atoms with Crippen molar-refractivity contribution in [1.82, 2.24) is 5.32 Å². The molecule has 2 unspecified atom stereocenters. The third-order valence-corrected chi connectivity index (χ3v) is 4.42. The highest BCUT2D eigenvalue weighted by Gasteiger charge is 2.23. The minimum atomic E-state index is -0.126. The molecule has 0 heterocycles. The van der Waals surface area contributed by atoms with Gasteiger partial charge in [0.15, 0.2) is 0 Å². The van der Waals surface area contributed by atoms with Crippen LogP contribution in [-0.2, 0) is 0 Å². The summed E-state index contributed by atoms with van der Waals surface area (Å²) in [6.45, 7) is 0.672. The third-order valence-electron chi connectivity index (χ3n) is 3.20. The van der Waals surface area contributed by atoms with Crippen LogP contribution in [0.25, 0.3) is 0 Å². The van der Waals surface area contributed by atoms with Gasteiger partial charge in [-0.05, 0) is 43.4 Å². The van der Waals surface area contributed by atoms with E-state index in [1.165, 1.54) is 0 Å². The van der Waals surface area contributed by atoms with E-state index in [2.05, 4.69) is 21.2 Å². The molecule has 0 radical (unpaired) electrons. The van der Waals surface area contributed by atoms with Crippen molar-refractivity contribution in [1.29, 1.82) is 0 Å². The number of halogens is 3. The van der Waals surface area contributed by atoms with Gasteiger partial charge in [0.05, 0.1) is 10.6 Å². The quantitative estimate of drug-likeness (QED) is 0.811. The van der Waals surface area contributed by atoms with E-state index in [0.717, 1.165) is 23.7 Å². The summed E-state index contributed by atoms with van der Waals surface area (Å²) in [6, 6.07) is 5.26. The Balaban J connectivity index is 1.93. The maximum Gasteiger partial charge on any atom is 0.252 e. The number of nitrogens with one attached hydrogen (secondary N) is 1. The van der Waals surface area contributed by atoms with Crippen LogP contribution < -0.4 is 5.32 Å². The highest BCUT2D eigenvalue weighted by atomic mass is 79.9. The Morgan fingerprint density at radius 1 is 1.44 bits per heavy atom. The molecule has 0 aromatic heterocycles. The summed E-state index contributed by atoms with van der Waals surface area (Å²) in [5, 5.41) is 3.66. The van der Waals surface area contributed by atoms with Gasteiger partial charge in [-0.1, -0.05) is 27.5 Å². The molecule has 1 saturated carbocycles. The van der Waals surface area contributed by atoms with E-state index in [4.69, 9.17) is 23.2 Å². The summed E-state index contributed by atoms with van der Waals surface area (Å²) in [4.78, 5) is 12.0. The van der Waals surface area contributed by atoms with Gasteiger partial charge < -0.3 is 5.32 Å². The molecule has 1 aromatic carbocycles. The van der Waals surface area contributed by atoms with Gasteiger partial charge in [0, 0.05) is 16.4 Å². The summed E-state index contributed by atoms with van der Waals surface area (Å²) in [5.74, 6) is 0.363. The zero-order chi connectivity index (χ0) is 13.1. The van der Waals surface area contributed by atoms with Gasteiger partial charge in [-0.25, -0.2) is 0 Å². The van der Waals surface area contributed by atoms with E-state index in [9.17, 15) is 4.79 Å².